The second-order valence-electron chi connectivity index (χ2n) is 6.06. The van der Waals surface area contributed by atoms with Crippen molar-refractivity contribution in [3.8, 4) is 5.75 Å². The van der Waals surface area contributed by atoms with Gasteiger partial charge in [-0.3, -0.25) is 0 Å². The first-order valence-corrected chi connectivity index (χ1v) is 7.74. The van der Waals surface area contributed by atoms with Crippen molar-refractivity contribution < 1.29 is 9.47 Å². The van der Waals surface area contributed by atoms with Gasteiger partial charge in [-0.05, 0) is 41.7 Å². The Morgan fingerprint density at radius 1 is 1.00 bits per heavy atom. The molecule has 0 amide bonds. The van der Waals surface area contributed by atoms with E-state index in [9.17, 15) is 0 Å². The summed E-state index contributed by atoms with van der Waals surface area (Å²) in [7, 11) is 1.70. The van der Waals surface area contributed by atoms with E-state index in [0.29, 0.717) is 0 Å². The molecule has 1 saturated carbocycles. The smallest absolute Gasteiger partial charge is 0.118 e. The van der Waals surface area contributed by atoms with E-state index in [0.717, 1.165) is 18.6 Å². The Morgan fingerprint density at radius 2 is 1.71 bits per heavy atom. The van der Waals surface area contributed by atoms with Crippen molar-refractivity contribution in [2.75, 3.05) is 7.11 Å². The summed E-state index contributed by atoms with van der Waals surface area (Å²) in [5.74, 6) is 0.889. The number of benzene rings is 2. The molecule has 0 N–H and O–H groups in total. The van der Waals surface area contributed by atoms with E-state index in [1.165, 1.54) is 29.5 Å². The molecule has 0 saturated heterocycles. The van der Waals surface area contributed by atoms with Crippen molar-refractivity contribution in [2.24, 2.45) is 0 Å². The lowest BCUT2D eigenvalue weighted by atomic mass is 9.89. The third-order valence-electron chi connectivity index (χ3n) is 4.91. The van der Waals surface area contributed by atoms with E-state index in [-0.39, 0.29) is 11.7 Å². The van der Waals surface area contributed by atoms with E-state index < -0.39 is 0 Å². The highest BCUT2D eigenvalue weighted by molar-refractivity contribution is 5.44. The van der Waals surface area contributed by atoms with Crippen molar-refractivity contribution in [1.29, 1.82) is 0 Å². The maximum absolute atomic E-state index is 6.60. The summed E-state index contributed by atoms with van der Waals surface area (Å²) in [4.78, 5) is 0. The number of ether oxygens (including phenoxy) is 2. The van der Waals surface area contributed by atoms with Crippen molar-refractivity contribution >= 4 is 0 Å². The van der Waals surface area contributed by atoms with Gasteiger partial charge in [-0.1, -0.05) is 49.2 Å². The topological polar surface area (TPSA) is 18.5 Å². The largest absolute Gasteiger partial charge is 0.497 e. The minimum Gasteiger partial charge on any atom is -0.497 e. The lowest BCUT2D eigenvalue weighted by Crippen LogP contribution is -2.21. The van der Waals surface area contributed by atoms with Gasteiger partial charge in [0.05, 0.1) is 12.7 Å². The SMILES string of the molecule is COc1ccc(C2OC3(CCCC3)c3ccccc32)cc1. The average molecular weight is 280 g/mol. The zero-order chi connectivity index (χ0) is 14.3. The zero-order valence-electron chi connectivity index (χ0n) is 12.3. The molecule has 2 nitrogen and oxygen atoms in total. The quantitative estimate of drug-likeness (QED) is 0.801. The molecule has 1 aliphatic carbocycles. The van der Waals surface area contributed by atoms with Crippen LogP contribution < -0.4 is 4.74 Å². The van der Waals surface area contributed by atoms with Crippen LogP contribution in [0.4, 0.5) is 0 Å². The Hall–Kier alpha value is -1.80. The van der Waals surface area contributed by atoms with Crippen LogP contribution in [0, 0.1) is 0 Å². The molecule has 2 aromatic rings. The van der Waals surface area contributed by atoms with E-state index in [2.05, 4.69) is 36.4 Å². The molecule has 1 aliphatic heterocycles. The Morgan fingerprint density at radius 3 is 2.43 bits per heavy atom. The molecule has 108 valence electrons. The molecule has 2 heteroatoms. The molecule has 0 bridgehead atoms. The summed E-state index contributed by atoms with van der Waals surface area (Å²) in [6.45, 7) is 0. The maximum atomic E-state index is 6.60. The minimum atomic E-state index is -0.0405. The molecule has 1 fully saturated rings. The highest BCUT2D eigenvalue weighted by Crippen LogP contribution is 2.54. The fourth-order valence-electron chi connectivity index (χ4n) is 3.85. The maximum Gasteiger partial charge on any atom is 0.118 e. The molecule has 1 unspecified atom stereocenters. The van der Waals surface area contributed by atoms with Crippen molar-refractivity contribution in [3.63, 3.8) is 0 Å². The second kappa shape index (κ2) is 4.88. The molecular formula is C19H20O2. The molecule has 1 atom stereocenters. The zero-order valence-corrected chi connectivity index (χ0v) is 12.3. The first kappa shape index (κ1) is 12.9. The van der Waals surface area contributed by atoms with E-state index in [4.69, 9.17) is 9.47 Å². The fourth-order valence-corrected chi connectivity index (χ4v) is 3.85. The summed E-state index contributed by atoms with van der Waals surface area (Å²) in [6, 6.07) is 17.0. The van der Waals surface area contributed by atoms with Crippen LogP contribution >= 0.6 is 0 Å². The fraction of sp³-hybridized carbons (Fsp3) is 0.368. The first-order valence-electron chi connectivity index (χ1n) is 7.74. The summed E-state index contributed by atoms with van der Waals surface area (Å²) >= 11 is 0. The molecule has 1 spiro atoms. The summed E-state index contributed by atoms with van der Waals surface area (Å²) in [5.41, 5.74) is 3.92. The molecule has 21 heavy (non-hydrogen) atoms. The van der Waals surface area contributed by atoms with Crippen LogP contribution in [0.3, 0.4) is 0 Å². The van der Waals surface area contributed by atoms with Crippen LogP contribution in [-0.2, 0) is 10.3 Å². The van der Waals surface area contributed by atoms with Crippen LogP contribution in [-0.4, -0.2) is 7.11 Å². The lowest BCUT2D eigenvalue weighted by Gasteiger charge is -2.25. The van der Waals surface area contributed by atoms with Gasteiger partial charge in [0.15, 0.2) is 0 Å². The van der Waals surface area contributed by atoms with Gasteiger partial charge in [0.25, 0.3) is 0 Å². The predicted octanol–water partition coefficient (Wildman–Crippen LogP) is 4.58. The Bertz CT molecular complexity index is 639. The molecular weight excluding hydrogens is 260 g/mol. The van der Waals surface area contributed by atoms with Gasteiger partial charge in [-0.25, -0.2) is 0 Å². The highest BCUT2D eigenvalue weighted by Gasteiger charge is 2.46. The normalized spacial score (nSPS) is 22.4. The average Bonchev–Trinajstić information content (AvgIpc) is 3.15. The third kappa shape index (κ3) is 1.97. The molecule has 4 rings (SSSR count). The van der Waals surface area contributed by atoms with Gasteiger partial charge in [-0.15, -0.1) is 0 Å². The molecule has 2 aromatic carbocycles. The van der Waals surface area contributed by atoms with E-state index >= 15 is 0 Å². The number of fused-ring (bicyclic) bond motifs is 2. The van der Waals surface area contributed by atoms with Gasteiger partial charge in [0.1, 0.15) is 11.9 Å². The number of hydrogen-bond acceptors (Lipinski definition) is 2. The summed E-state index contributed by atoms with van der Waals surface area (Å²) < 4.78 is 11.9. The van der Waals surface area contributed by atoms with Gasteiger partial charge >= 0.3 is 0 Å². The number of methoxy groups -OCH3 is 1. The molecule has 0 radical (unpaired) electrons. The van der Waals surface area contributed by atoms with Crippen LogP contribution in [0.15, 0.2) is 48.5 Å². The van der Waals surface area contributed by atoms with Crippen LogP contribution in [0.1, 0.15) is 48.5 Å². The Balaban J connectivity index is 1.76. The van der Waals surface area contributed by atoms with Crippen LogP contribution in [0.2, 0.25) is 0 Å². The lowest BCUT2D eigenvalue weighted by molar-refractivity contribution is -0.0563. The summed E-state index contributed by atoms with van der Waals surface area (Å²) in [5, 5.41) is 0. The standard InChI is InChI=1S/C19H20O2/c1-20-15-10-8-14(9-11-15)18-16-6-2-3-7-17(16)19(21-18)12-4-5-13-19/h2-3,6-11,18H,4-5,12-13H2,1H3. The van der Waals surface area contributed by atoms with Crippen molar-refractivity contribution in [3.05, 3.63) is 65.2 Å². The monoisotopic (exact) mass is 280 g/mol. The van der Waals surface area contributed by atoms with E-state index in [1.807, 2.05) is 12.1 Å². The number of hydrogen-bond donors (Lipinski definition) is 0. The van der Waals surface area contributed by atoms with Gasteiger partial charge in [0.2, 0.25) is 0 Å². The van der Waals surface area contributed by atoms with Crippen molar-refractivity contribution in [2.45, 2.75) is 37.4 Å². The minimum absolute atomic E-state index is 0.0405. The van der Waals surface area contributed by atoms with Gasteiger partial charge in [0, 0.05) is 0 Å². The Labute approximate surface area is 125 Å². The highest BCUT2D eigenvalue weighted by atomic mass is 16.5. The third-order valence-corrected chi connectivity index (χ3v) is 4.91. The molecule has 0 aromatic heterocycles. The van der Waals surface area contributed by atoms with Gasteiger partial charge < -0.3 is 9.47 Å². The van der Waals surface area contributed by atoms with E-state index in [1.54, 1.807) is 7.11 Å². The van der Waals surface area contributed by atoms with Crippen LogP contribution in [0.25, 0.3) is 0 Å². The second-order valence-corrected chi connectivity index (χ2v) is 6.06. The first-order chi connectivity index (χ1) is 10.3. The van der Waals surface area contributed by atoms with Crippen molar-refractivity contribution in [1.82, 2.24) is 0 Å². The predicted molar refractivity (Wildman–Crippen MR) is 82.5 cm³/mol. The van der Waals surface area contributed by atoms with Crippen LogP contribution in [0.5, 0.6) is 5.75 Å². The molecule has 1 heterocycles. The Kier molecular flexibility index (Phi) is 3.00. The summed E-state index contributed by atoms with van der Waals surface area (Å²) in [6.07, 6.45) is 4.89. The molecule has 2 aliphatic rings. The van der Waals surface area contributed by atoms with Gasteiger partial charge in [-0.2, -0.15) is 0 Å². The number of rotatable bonds is 2.